The number of hydrogen-bond donors (Lipinski definition) is 1. The molecule has 0 atom stereocenters. The van der Waals surface area contributed by atoms with Crippen molar-refractivity contribution in [2.45, 2.75) is 33.3 Å². The van der Waals surface area contributed by atoms with Gasteiger partial charge in [-0.1, -0.05) is 6.08 Å². The van der Waals surface area contributed by atoms with Gasteiger partial charge >= 0.3 is 6.09 Å². The van der Waals surface area contributed by atoms with Crippen molar-refractivity contribution in [2.24, 2.45) is 10.7 Å². The van der Waals surface area contributed by atoms with Crippen LogP contribution in [-0.2, 0) is 4.74 Å². The average Bonchev–Trinajstić information content (AvgIpc) is 2.04. The Kier molecular flexibility index (Phi) is 8.24. The van der Waals surface area contributed by atoms with E-state index in [9.17, 15) is 4.79 Å². The second-order valence-corrected chi connectivity index (χ2v) is 3.52. The molecule has 0 fully saturated rings. The van der Waals surface area contributed by atoms with Crippen LogP contribution in [0.4, 0.5) is 4.79 Å². The molecule has 4 heteroatoms. The molecule has 86 valence electrons. The minimum Gasteiger partial charge on any atom is -0.442 e. The predicted octanol–water partition coefficient (Wildman–Crippen LogP) is 2.66. The van der Waals surface area contributed by atoms with E-state index < -0.39 is 11.7 Å². The number of carbonyl (C=O) groups is 1. The summed E-state index contributed by atoms with van der Waals surface area (Å²) in [6, 6.07) is 0. The molecule has 0 aromatic rings. The second kappa shape index (κ2) is 7.79. The van der Waals surface area contributed by atoms with Gasteiger partial charge in [0.05, 0.1) is 0 Å². The van der Waals surface area contributed by atoms with Crippen molar-refractivity contribution in [3.8, 4) is 0 Å². The second-order valence-electron chi connectivity index (χ2n) is 3.52. The van der Waals surface area contributed by atoms with Crippen LogP contribution in [0.2, 0.25) is 0 Å². The van der Waals surface area contributed by atoms with Crippen molar-refractivity contribution >= 4 is 11.9 Å². The summed E-state index contributed by atoms with van der Waals surface area (Å²) in [4.78, 5) is 14.5. The van der Waals surface area contributed by atoms with Gasteiger partial charge in [-0.25, -0.2) is 4.79 Å². The molecule has 0 heterocycles. The minimum absolute atomic E-state index is 0.150. The van der Waals surface area contributed by atoms with Crippen LogP contribution < -0.4 is 5.73 Å². The van der Waals surface area contributed by atoms with Crippen LogP contribution in [0.5, 0.6) is 0 Å². The zero-order valence-corrected chi connectivity index (χ0v) is 9.91. The summed E-state index contributed by atoms with van der Waals surface area (Å²) in [5.41, 5.74) is 4.84. The lowest BCUT2D eigenvalue weighted by Gasteiger charge is -2.17. The Morgan fingerprint density at radius 3 is 2.20 bits per heavy atom. The molecule has 0 unspecified atom stereocenters. The molecule has 0 aromatic heterocycles. The van der Waals surface area contributed by atoms with Gasteiger partial charge < -0.3 is 10.5 Å². The fourth-order valence-corrected chi connectivity index (χ4v) is 0.598. The van der Waals surface area contributed by atoms with Crippen LogP contribution in [0.3, 0.4) is 0 Å². The normalized spacial score (nSPS) is 11.9. The molecular formula is C11H20N2O2. The summed E-state index contributed by atoms with van der Waals surface area (Å²) in [5, 5.41) is 0. The Balaban J connectivity index is 0. The highest BCUT2D eigenvalue weighted by atomic mass is 16.6. The molecule has 15 heavy (non-hydrogen) atoms. The highest BCUT2D eigenvalue weighted by Crippen LogP contribution is 2.07. The van der Waals surface area contributed by atoms with Crippen LogP contribution in [0.25, 0.3) is 0 Å². The van der Waals surface area contributed by atoms with Crippen molar-refractivity contribution in [1.29, 1.82) is 0 Å². The third-order valence-electron chi connectivity index (χ3n) is 0.951. The number of ether oxygens (including phenoxy) is 1. The van der Waals surface area contributed by atoms with Crippen molar-refractivity contribution in [1.82, 2.24) is 0 Å². The first-order chi connectivity index (χ1) is 6.85. The monoisotopic (exact) mass is 212 g/mol. The van der Waals surface area contributed by atoms with E-state index in [1.165, 1.54) is 6.08 Å². The lowest BCUT2D eigenvalue weighted by Crippen LogP contribution is -2.23. The number of rotatable bonds is 1. The summed E-state index contributed by atoms with van der Waals surface area (Å²) in [5.74, 6) is 0.150. The molecular weight excluding hydrogens is 192 g/mol. The van der Waals surface area contributed by atoms with Gasteiger partial charge in [0.2, 0.25) is 0 Å². The first kappa shape index (κ1) is 15.9. The van der Waals surface area contributed by atoms with Crippen molar-refractivity contribution in [3.63, 3.8) is 0 Å². The molecule has 0 rings (SSSR count). The molecule has 0 saturated heterocycles. The molecule has 0 spiro atoms. The predicted molar refractivity (Wildman–Crippen MR) is 63.9 cm³/mol. The van der Waals surface area contributed by atoms with Crippen LogP contribution in [0.15, 0.2) is 30.3 Å². The molecule has 2 N–H and O–H groups in total. The number of nitrogens with two attached hydrogens (primary N) is 1. The Morgan fingerprint density at radius 2 is 1.87 bits per heavy atom. The average molecular weight is 212 g/mol. The zero-order valence-electron chi connectivity index (χ0n) is 9.91. The Hall–Kier alpha value is -1.58. The summed E-state index contributed by atoms with van der Waals surface area (Å²) in [6.45, 7) is 13.1. The Bertz CT molecular complexity index is 250. The molecule has 0 aliphatic carbocycles. The molecule has 0 bridgehead atoms. The van der Waals surface area contributed by atoms with Crippen LogP contribution in [0, 0.1) is 0 Å². The third-order valence-corrected chi connectivity index (χ3v) is 0.951. The number of amides is 1. The molecule has 0 aromatic carbocycles. The molecule has 0 aliphatic rings. The van der Waals surface area contributed by atoms with Gasteiger partial charge in [0.25, 0.3) is 0 Å². The summed E-state index contributed by atoms with van der Waals surface area (Å²) in [6.07, 6.45) is 2.57. The van der Waals surface area contributed by atoms with Gasteiger partial charge in [-0.05, 0) is 33.8 Å². The fourth-order valence-electron chi connectivity index (χ4n) is 0.598. The quantitative estimate of drug-likeness (QED) is 0.413. The van der Waals surface area contributed by atoms with Gasteiger partial charge in [0.1, 0.15) is 11.4 Å². The number of amidine groups is 1. The van der Waals surface area contributed by atoms with Crippen molar-refractivity contribution in [2.75, 3.05) is 0 Å². The number of allylic oxidation sites excluding steroid dienone is 1. The van der Waals surface area contributed by atoms with E-state index >= 15 is 0 Å². The summed E-state index contributed by atoms with van der Waals surface area (Å²) < 4.78 is 4.91. The van der Waals surface area contributed by atoms with E-state index in [4.69, 9.17) is 10.5 Å². The Morgan fingerprint density at radius 1 is 1.40 bits per heavy atom. The maximum atomic E-state index is 11.0. The number of aliphatic imine (C=N–C) groups is 1. The van der Waals surface area contributed by atoms with Gasteiger partial charge in [0.15, 0.2) is 0 Å². The van der Waals surface area contributed by atoms with E-state index in [-0.39, 0.29) is 5.84 Å². The van der Waals surface area contributed by atoms with E-state index in [2.05, 4.69) is 18.2 Å². The van der Waals surface area contributed by atoms with Gasteiger partial charge in [-0.3, -0.25) is 0 Å². The lowest BCUT2D eigenvalue weighted by atomic mass is 10.2. The van der Waals surface area contributed by atoms with Crippen LogP contribution >= 0.6 is 0 Å². The minimum atomic E-state index is -0.664. The van der Waals surface area contributed by atoms with E-state index in [1.807, 2.05) is 0 Å². The molecule has 0 radical (unpaired) electrons. The number of nitrogens with zero attached hydrogens (tertiary/aromatic N) is 1. The highest BCUT2D eigenvalue weighted by molar-refractivity contribution is 5.98. The highest BCUT2D eigenvalue weighted by Gasteiger charge is 2.15. The zero-order chi connectivity index (χ0) is 12.5. The van der Waals surface area contributed by atoms with Crippen molar-refractivity contribution < 1.29 is 9.53 Å². The summed E-state index contributed by atoms with van der Waals surface area (Å²) in [7, 11) is 0. The van der Waals surface area contributed by atoms with Crippen LogP contribution in [0.1, 0.15) is 27.7 Å². The first-order valence-corrected chi connectivity index (χ1v) is 4.55. The standard InChI is InChI=1S/C9H16N2O2.C2H4/c1-5-6-7(10)11-8(12)13-9(2,3)4;1-2/h5-6H,1-4H3,(H2,10,11,12);1-2H2/b6-5-;. The first-order valence-electron chi connectivity index (χ1n) is 4.55. The maximum Gasteiger partial charge on any atom is 0.436 e. The van der Waals surface area contributed by atoms with Crippen molar-refractivity contribution in [3.05, 3.63) is 25.3 Å². The molecule has 1 amide bonds. The van der Waals surface area contributed by atoms with E-state index in [0.717, 1.165) is 0 Å². The summed E-state index contributed by atoms with van der Waals surface area (Å²) >= 11 is 0. The van der Waals surface area contributed by atoms with Gasteiger partial charge in [-0.2, -0.15) is 4.99 Å². The van der Waals surface area contributed by atoms with E-state index in [0.29, 0.717) is 0 Å². The fraction of sp³-hybridized carbons (Fsp3) is 0.455. The SMILES string of the molecule is C/C=C\C(N)=N/C(=O)OC(C)(C)C.C=C. The number of carbonyl (C=O) groups excluding carboxylic acids is 1. The largest absolute Gasteiger partial charge is 0.442 e. The lowest BCUT2D eigenvalue weighted by molar-refractivity contribution is 0.0604. The maximum absolute atomic E-state index is 11.0. The molecule has 4 nitrogen and oxygen atoms in total. The van der Waals surface area contributed by atoms with E-state index in [1.54, 1.807) is 33.8 Å². The molecule has 0 saturated carbocycles. The third kappa shape index (κ3) is 12.4. The van der Waals surface area contributed by atoms with Gasteiger partial charge in [0, 0.05) is 0 Å². The van der Waals surface area contributed by atoms with Crippen LogP contribution in [-0.4, -0.2) is 17.5 Å². The smallest absolute Gasteiger partial charge is 0.436 e. The topological polar surface area (TPSA) is 64.7 Å². The Labute approximate surface area is 91.5 Å². The molecule has 0 aliphatic heterocycles. The van der Waals surface area contributed by atoms with Gasteiger partial charge in [-0.15, -0.1) is 13.2 Å². The number of hydrogen-bond acceptors (Lipinski definition) is 2.